The van der Waals surface area contributed by atoms with Crippen LogP contribution in [0.5, 0.6) is 0 Å². The Balaban J connectivity index is 2.88. The molecule has 12 heavy (non-hydrogen) atoms. The Hall–Kier alpha value is 0.250. The molecule has 1 nitrogen and oxygen atoms in total. The predicted molar refractivity (Wildman–Crippen MR) is 60.0 cm³/mol. The largest absolute Gasteiger partial charge is 0.227 e. The fourth-order valence-corrected chi connectivity index (χ4v) is 3.21. The number of nitrogens with zero attached hydrogens (tertiary/aromatic N) is 1. The van der Waals surface area contributed by atoms with Crippen LogP contribution in [0, 0.1) is 8.83 Å². The first kappa shape index (κ1) is 8.83. The summed E-state index contributed by atoms with van der Waals surface area (Å²) in [6.07, 6.45) is 0. The van der Waals surface area contributed by atoms with Crippen LogP contribution in [0.2, 0.25) is 0 Å². The van der Waals surface area contributed by atoms with Crippen LogP contribution in [0.3, 0.4) is 0 Å². The second-order valence-electron chi connectivity index (χ2n) is 2.20. The van der Waals surface area contributed by atoms with Gasteiger partial charge in [0.15, 0.2) is 8.83 Å². The third kappa shape index (κ3) is 1.49. The van der Waals surface area contributed by atoms with Gasteiger partial charge in [0, 0.05) is 4.47 Å². The molecule has 0 saturated heterocycles. The van der Waals surface area contributed by atoms with Crippen molar-refractivity contribution in [2.75, 3.05) is 0 Å². The smallest absolute Gasteiger partial charge is 0.155 e. The lowest BCUT2D eigenvalue weighted by atomic mass is 10.3. The van der Waals surface area contributed by atoms with Crippen molar-refractivity contribution in [1.82, 2.24) is 4.98 Å². The van der Waals surface area contributed by atoms with Crippen LogP contribution in [0.15, 0.2) is 16.6 Å². The van der Waals surface area contributed by atoms with E-state index in [9.17, 15) is 4.39 Å². The van der Waals surface area contributed by atoms with Crippen molar-refractivity contribution in [2.45, 2.75) is 0 Å². The Kier molecular flexibility index (Phi) is 2.35. The second-order valence-corrected chi connectivity index (χ2v) is 5.90. The number of halogens is 3. The van der Waals surface area contributed by atoms with Crippen LogP contribution in [0.25, 0.3) is 10.2 Å². The van der Waals surface area contributed by atoms with Gasteiger partial charge >= 0.3 is 0 Å². The van der Waals surface area contributed by atoms with E-state index < -0.39 is 0 Å². The maximum absolute atomic E-state index is 13.2. The molecule has 0 aliphatic rings. The summed E-state index contributed by atoms with van der Waals surface area (Å²) in [6.45, 7) is 0. The number of rotatable bonds is 0. The van der Waals surface area contributed by atoms with Crippen molar-refractivity contribution in [3.8, 4) is 0 Å². The monoisotopic (exact) mass is 357 g/mol. The molecule has 0 aliphatic heterocycles. The number of hydrogen-bond acceptors (Lipinski definition) is 2. The summed E-state index contributed by atoms with van der Waals surface area (Å²) in [5, 5.41) is 0. The first-order valence-electron chi connectivity index (χ1n) is 3.08. The van der Waals surface area contributed by atoms with Crippen molar-refractivity contribution >= 4 is 60.1 Å². The van der Waals surface area contributed by atoms with Crippen molar-refractivity contribution < 1.29 is 4.39 Å². The summed E-state index contributed by atoms with van der Waals surface area (Å²) in [5.74, 6) is -0.265. The molecule has 0 spiro atoms. The number of thiazole rings is 1. The molecule has 0 unspecified atom stereocenters. The van der Waals surface area contributed by atoms with Gasteiger partial charge in [0.2, 0.25) is 0 Å². The molecule has 0 bridgehead atoms. The molecular weight excluding hydrogens is 356 g/mol. The Morgan fingerprint density at radius 2 is 2.25 bits per heavy atom. The van der Waals surface area contributed by atoms with Gasteiger partial charge in [-0.2, -0.15) is 0 Å². The molecule has 0 amide bonds. The number of aromatic nitrogens is 1. The number of hydrogen-bond donors (Lipinski definition) is 0. The summed E-state index contributed by atoms with van der Waals surface area (Å²) in [6, 6.07) is 3.30. The van der Waals surface area contributed by atoms with Gasteiger partial charge in [0.1, 0.15) is 5.52 Å². The van der Waals surface area contributed by atoms with Crippen LogP contribution in [-0.2, 0) is 0 Å². The highest BCUT2D eigenvalue weighted by atomic mass is 127. The Morgan fingerprint density at radius 1 is 1.50 bits per heavy atom. The van der Waals surface area contributed by atoms with Crippen LogP contribution >= 0.6 is 49.9 Å². The van der Waals surface area contributed by atoms with Gasteiger partial charge in [-0.25, -0.2) is 9.37 Å². The molecule has 1 aromatic heterocycles. The van der Waals surface area contributed by atoms with Gasteiger partial charge in [0.05, 0.1) is 4.70 Å². The lowest BCUT2D eigenvalue weighted by molar-refractivity contribution is 0.636. The third-order valence-corrected chi connectivity index (χ3v) is 3.54. The third-order valence-electron chi connectivity index (χ3n) is 1.39. The van der Waals surface area contributed by atoms with E-state index in [1.165, 1.54) is 17.4 Å². The topological polar surface area (TPSA) is 12.9 Å². The maximum Gasteiger partial charge on any atom is 0.155 e. The predicted octanol–water partition coefficient (Wildman–Crippen LogP) is 3.80. The van der Waals surface area contributed by atoms with E-state index in [4.69, 9.17) is 0 Å². The van der Waals surface area contributed by atoms with Crippen LogP contribution in [-0.4, -0.2) is 4.98 Å². The number of fused-ring (bicyclic) bond motifs is 1. The summed E-state index contributed by atoms with van der Waals surface area (Å²) in [4.78, 5) is 4.06. The molecule has 2 rings (SSSR count). The van der Waals surface area contributed by atoms with Crippen LogP contribution in [0.1, 0.15) is 0 Å². The molecule has 2 aromatic rings. The minimum Gasteiger partial charge on any atom is -0.227 e. The normalized spacial score (nSPS) is 10.9. The highest BCUT2D eigenvalue weighted by Gasteiger charge is 2.07. The van der Waals surface area contributed by atoms with Gasteiger partial charge in [-0.15, -0.1) is 11.3 Å². The molecule has 0 saturated carbocycles. The van der Waals surface area contributed by atoms with E-state index in [1.807, 2.05) is 6.07 Å². The zero-order chi connectivity index (χ0) is 8.72. The fraction of sp³-hybridized carbons (Fsp3) is 0. The van der Waals surface area contributed by atoms with Crippen molar-refractivity contribution in [3.63, 3.8) is 0 Å². The summed E-state index contributed by atoms with van der Waals surface area (Å²) >= 11 is 6.80. The molecule has 5 heteroatoms. The van der Waals surface area contributed by atoms with E-state index >= 15 is 0 Å². The summed E-state index contributed by atoms with van der Waals surface area (Å²) < 4.78 is 15.7. The molecule has 1 heterocycles. The van der Waals surface area contributed by atoms with E-state index in [2.05, 4.69) is 43.5 Å². The van der Waals surface area contributed by atoms with Gasteiger partial charge in [-0.1, -0.05) is 15.9 Å². The minimum atomic E-state index is -0.265. The van der Waals surface area contributed by atoms with Crippen LogP contribution < -0.4 is 0 Å². The van der Waals surface area contributed by atoms with Gasteiger partial charge < -0.3 is 0 Å². The van der Waals surface area contributed by atoms with E-state index in [0.29, 0.717) is 5.52 Å². The van der Waals surface area contributed by atoms with E-state index in [-0.39, 0.29) is 5.82 Å². The second kappa shape index (κ2) is 3.19. The molecule has 0 radical (unpaired) electrons. The molecule has 0 atom stereocenters. The Bertz CT molecular complexity index is 442. The van der Waals surface area contributed by atoms with Gasteiger partial charge in [-0.05, 0) is 34.7 Å². The number of benzene rings is 1. The van der Waals surface area contributed by atoms with Gasteiger partial charge in [0.25, 0.3) is 0 Å². The minimum absolute atomic E-state index is 0.265. The molecule has 0 N–H and O–H groups in total. The SMILES string of the molecule is Fc1cc(Br)cc2sc(I)nc12. The van der Waals surface area contributed by atoms with E-state index in [0.717, 1.165) is 12.2 Å². The lowest BCUT2D eigenvalue weighted by Gasteiger charge is -1.91. The standard InChI is InChI=1S/C7H2BrFINS/c8-3-1-4(9)6-5(2-3)12-7(10)11-6/h1-2H. The zero-order valence-corrected chi connectivity index (χ0v) is 10.2. The Labute approximate surface area is 94.3 Å². The van der Waals surface area contributed by atoms with Crippen molar-refractivity contribution in [3.05, 3.63) is 25.4 Å². The highest BCUT2D eigenvalue weighted by molar-refractivity contribution is 14.1. The molecule has 0 aliphatic carbocycles. The fourth-order valence-electron chi connectivity index (χ4n) is 0.930. The average molecular weight is 358 g/mol. The molecule has 0 fully saturated rings. The lowest BCUT2D eigenvalue weighted by Crippen LogP contribution is -1.77. The quantitative estimate of drug-likeness (QED) is 0.653. The zero-order valence-electron chi connectivity index (χ0n) is 5.64. The summed E-state index contributed by atoms with van der Waals surface area (Å²) in [7, 11) is 0. The first-order valence-corrected chi connectivity index (χ1v) is 5.77. The van der Waals surface area contributed by atoms with E-state index in [1.54, 1.807) is 0 Å². The van der Waals surface area contributed by atoms with Crippen molar-refractivity contribution in [1.29, 1.82) is 0 Å². The maximum atomic E-state index is 13.2. The molecular formula is C7H2BrFINS. The van der Waals surface area contributed by atoms with Crippen LogP contribution in [0.4, 0.5) is 4.39 Å². The first-order chi connectivity index (χ1) is 5.66. The molecule has 1 aromatic carbocycles. The summed E-state index contributed by atoms with van der Waals surface area (Å²) in [5.41, 5.74) is 0.465. The van der Waals surface area contributed by atoms with Crippen molar-refractivity contribution in [2.24, 2.45) is 0 Å². The Morgan fingerprint density at radius 3 is 3.00 bits per heavy atom. The average Bonchev–Trinajstić information content (AvgIpc) is 2.29. The highest BCUT2D eigenvalue weighted by Crippen LogP contribution is 2.28. The van der Waals surface area contributed by atoms with Gasteiger partial charge in [-0.3, -0.25) is 0 Å². The molecule has 62 valence electrons.